The summed E-state index contributed by atoms with van der Waals surface area (Å²) in [5.41, 5.74) is 0. The van der Waals surface area contributed by atoms with Gasteiger partial charge in [-0.3, -0.25) is 4.79 Å². The molecule has 1 aliphatic heterocycles. The lowest BCUT2D eigenvalue weighted by Crippen LogP contribution is -2.55. The van der Waals surface area contributed by atoms with Crippen LogP contribution in [0.1, 0.15) is 45.4 Å². The smallest absolute Gasteiger partial charge is 0.463 e. The summed E-state index contributed by atoms with van der Waals surface area (Å²) in [6.45, 7) is 1.74. The van der Waals surface area contributed by atoms with Crippen LogP contribution in [0, 0.1) is 0 Å². The molecular formula is C14H20F5NO3. The highest BCUT2D eigenvalue weighted by molar-refractivity contribution is 5.89. The standard InChI is InChI=1S/C14H20F5NO3/c1-2-3-4-5-9-23-11(21)10-7-6-8-20(10)12(22)13(15,16)14(17,18)19/h10H,2-9H2,1H3. The third-order valence-electron chi connectivity index (χ3n) is 3.65. The van der Waals surface area contributed by atoms with Crippen molar-refractivity contribution in [2.24, 2.45) is 0 Å². The molecule has 0 radical (unpaired) electrons. The van der Waals surface area contributed by atoms with Crippen molar-refractivity contribution in [1.82, 2.24) is 4.90 Å². The van der Waals surface area contributed by atoms with E-state index in [2.05, 4.69) is 0 Å². The van der Waals surface area contributed by atoms with E-state index in [9.17, 15) is 31.5 Å². The van der Waals surface area contributed by atoms with Gasteiger partial charge in [-0.15, -0.1) is 0 Å². The summed E-state index contributed by atoms with van der Waals surface area (Å²) in [7, 11) is 0. The predicted octanol–water partition coefficient (Wildman–Crippen LogP) is 3.30. The third kappa shape index (κ3) is 4.78. The Labute approximate surface area is 131 Å². The number of rotatable bonds is 7. The van der Waals surface area contributed by atoms with Crippen LogP contribution in [0.3, 0.4) is 0 Å². The zero-order valence-corrected chi connectivity index (χ0v) is 12.8. The normalized spacial score (nSPS) is 19.0. The fourth-order valence-electron chi connectivity index (χ4n) is 2.35. The quantitative estimate of drug-likeness (QED) is 0.404. The van der Waals surface area contributed by atoms with E-state index in [4.69, 9.17) is 4.74 Å². The number of hydrogen-bond donors (Lipinski definition) is 0. The first-order valence-electron chi connectivity index (χ1n) is 7.55. The van der Waals surface area contributed by atoms with E-state index < -0.39 is 30.0 Å². The Morgan fingerprint density at radius 1 is 1.13 bits per heavy atom. The Morgan fingerprint density at radius 3 is 2.35 bits per heavy atom. The average molecular weight is 345 g/mol. The maximum absolute atomic E-state index is 13.1. The van der Waals surface area contributed by atoms with Crippen molar-refractivity contribution in [1.29, 1.82) is 0 Å². The van der Waals surface area contributed by atoms with Crippen molar-refractivity contribution in [3.63, 3.8) is 0 Å². The molecule has 0 aliphatic carbocycles. The topological polar surface area (TPSA) is 46.6 Å². The third-order valence-corrected chi connectivity index (χ3v) is 3.65. The highest BCUT2D eigenvalue weighted by Gasteiger charge is 2.65. The minimum Gasteiger partial charge on any atom is -0.464 e. The number of carbonyl (C=O) groups is 2. The van der Waals surface area contributed by atoms with Crippen LogP contribution < -0.4 is 0 Å². The molecule has 1 amide bonds. The molecule has 1 atom stereocenters. The minimum absolute atomic E-state index is 0.0213. The molecule has 1 rings (SSSR count). The molecule has 9 heteroatoms. The van der Waals surface area contributed by atoms with Gasteiger partial charge in [-0.05, 0) is 19.3 Å². The highest BCUT2D eigenvalue weighted by atomic mass is 19.4. The molecule has 0 bridgehead atoms. The Kier molecular flexibility index (Phi) is 6.76. The van der Waals surface area contributed by atoms with Gasteiger partial charge in [0.25, 0.3) is 0 Å². The molecule has 1 unspecified atom stereocenters. The Hall–Kier alpha value is -1.41. The van der Waals surface area contributed by atoms with Crippen LogP contribution in [-0.4, -0.2) is 48.1 Å². The molecule has 0 saturated carbocycles. The highest BCUT2D eigenvalue weighted by Crippen LogP contribution is 2.38. The molecule has 1 heterocycles. The van der Waals surface area contributed by atoms with Crippen molar-refractivity contribution >= 4 is 11.9 Å². The summed E-state index contributed by atoms with van der Waals surface area (Å²) < 4.78 is 68.0. The largest absolute Gasteiger partial charge is 0.464 e. The van der Waals surface area contributed by atoms with Gasteiger partial charge in [0.05, 0.1) is 6.61 Å². The fourth-order valence-corrected chi connectivity index (χ4v) is 2.35. The predicted molar refractivity (Wildman–Crippen MR) is 70.8 cm³/mol. The van der Waals surface area contributed by atoms with Crippen molar-refractivity contribution < 1.29 is 36.3 Å². The summed E-state index contributed by atoms with van der Waals surface area (Å²) in [6, 6.07) is -1.37. The van der Waals surface area contributed by atoms with Crippen LogP contribution in [0.15, 0.2) is 0 Å². The second kappa shape index (κ2) is 7.92. The number of amides is 1. The number of halogens is 5. The van der Waals surface area contributed by atoms with Gasteiger partial charge in [0.15, 0.2) is 0 Å². The second-order valence-corrected chi connectivity index (χ2v) is 5.46. The van der Waals surface area contributed by atoms with Crippen LogP contribution in [0.5, 0.6) is 0 Å². The van der Waals surface area contributed by atoms with Crippen LogP contribution in [0.4, 0.5) is 22.0 Å². The summed E-state index contributed by atoms with van der Waals surface area (Å²) in [5, 5.41) is 0. The van der Waals surface area contributed by atoms with Gasteiger partial charge in [0.2, 0.25) is 0 Å². The minimum atomic E-state index is -5.98. The van der Waals surface area contributed by atoms with E-state index in [0.29, 0.717) is 6.42 Å². The summed E-state index contributed by atoms with van der Waals surface area (Å²) in [6.07, 6.45) is -2.46. The van der Waals surface area contributed by atoms with Crippen LogP contribution in [0.2, 0.25) is 0 Å². The molecule has 0 spiro atoms. The number of ether oxygens (including phenoxy) is 1. The van der Waals surface area contributed by atoms with Gasteiger partial charge in [-0.25, -0.2) is 4.79 Å². The number of carbonyl (C=O) groups excluding carboxylic acids is 2. The zero-order chi connectivity index (χ0) is 17.7. The van der Waals surface area contributed by atoms with Crippen molar-refractivity contribution in [3.05, 3.63) is 0 Å². The first-order valence-corrected chi connectivity index (χ1v) is 7.55. The number of alkyl halides is 5. The first kappa shape index (κ1) is 19.6. The maximum Gasteiger partial charge on any atom is 0.463 e. The van der Waals surface area contributed by atoms with Crippen LogP contribution in [0.25, 0.3) is 0 Å². The number of nitrogens with zero attached hydrogens (tertiary/aromatic N) is 1. The van der Waals surface area contributed by atoms with Gasteiger partial charge in [0, 0.05) is 6.54 Å². The lowest BCUT2D eigenvalue weighted by atomic mass is 10.2. The van der Waals surface area contributed by atoms with Gasteiger partial charge in [-0.1, -0.05) is 26.2 Å². The molecule has 4 nitrogen and oxygen atoms in total. The van der Waals surface area contributed by atoms with E-state index in [1.54, 1.807) is 0 Å². The summed E-state index contributed by atoms with van der Waals surface area (Å²) in [5.74, 6) is -8.82. The number of hydrogen-bond acceptors (Lipinski definition) is 3. The summed E-state index contributed by atoms with van der Waals surface area (Å²) >= 11 is 0. The second-order valence-electron chi connectivity index (χ2n) is 5.46. The molecular weight excluding hydrogens is 325 g/mol. The maximum atomic E-state index is 13.1. The fraction of sp³-hybridized carbons (Fsp3) is 0.857. The SMILES string of the molecule is CCCCCCOC(=O)C1CCCN1C(=O)C(F)(F)C(F)(F)F. The lowest BCUT2D eigenvalue weighted by Gasteiger charge is -2.28. The van der Waals surface area contributed by atoms with Gasteiger partial charge < -0.3 is 9.64 Å². The van der Waals surface area contributed by atoms with Gasteiger partial charge >= 0.3 is 24.0 Å². The first-order chi connectivity index (χ1) is 10.6. The van der Waals surface area contributed by atoms with Crippen LogP contribution >= 0.6 is 0 Å². The van der Waals surface area contributed by atoms with E-state index in [1.807, 2.05) is 6.92 Å². The molecule has 0 aromatic heterocycles. The summed E-state index contributed by atoms with van der Waals surface area (Å²) in [4.78, 5) is 23.6. The molecule has 0 N–H and O–H groups in total. The number of unbranched alkanes of at least 4 members (excludes halogenated alkanes) is 3. The molecule has 0 aromatic carbocycles. The average Bonchev–Trinajstić information content (AvgIpc) is 2.94. The van der Waals surface area contributed by atoms with Gasteiger partial charge in [0.1, 0.15) is 6.04 Å². The number of esters is 1. The molecule has 134 valence electrons. The van der Waals surface area contributed by atoms with E-state index in [-0.39, 0.29) is 30.9 Å². The molecule has 1 saturated heterocycles. The lowest BCUT2D eigenvalue weighted by molar-refractivity contribution is -0.274. The Balaban J connectivity index is 2.63. The van der Waals surface area contributed by atoms with Crippen molar-refractivity contribution in [3.8, 4) is 0 Å². The molecule has 0 aromatic rings. The van der Waals surface area contributed by atoms with E-state index in [1.165, 1.54) is 0 Å². The molecule has 23 heavy (non-hydrogen) atoms. The van der Waals surface area contributed by atoms with E-state index >= 15 is 0 Å². The molecule has 1 fully saturated rings. The van der Waals surface area contributed by atoms with Gasteiger partial charge in [-0.2, -0.15) is 22.0 Å². The number of likely N-dealkylation sites (tertiary alicyclic amines) is 1. The Morgan fingerprint density at radius 2 is 1.78 bits per heavy atom. The Bertz CT molecular complexity index is 425. The van der Waals surface area contributed by atoms with Crippen LogP contribution in [-0.2, 0) is 14.3 Å². The van der Waals surface area contributed by atoms with Crippen molar-refractivity contribution in [2.45, 2.75) is 63.6 Å². The monoisotopic (exact) mass is 345 g/mol. The van der Waals surface area contributed by atoms with Crippen molar-refractivity contribution in [2.75, 3.05) is 13.2 Å². The molecule has 1 aliphatic rings. The zero-order valence-electron chi connectivity index (χ0n) is 12.8. The van der Waals surface area contributed by atoms with E-state index in [0.717, 1.165) is 19.3 Å².